The maximum absolute atomic E-state index is 5.95. The summed E-state index contributed by atoms with van der Waals surface area (Å²) in [6.45, 7) is 0.564. The Kier molecular flexibility index (Phi) is 5.90. The Morgan fingerprint density at radius 2 is 1.95 bits per heavy atom. The number of likely N-dealkylation sites (N-methyl/N-ethyl adjacent to an activating group) is 1. The van der Waals surface area contributed by atoms with E-state index < -0.39 is 0 Å². The Labute approximate surface area is 130 Å². The molecule has 0 saturated heterocycles. The molecule has 0 aliphatic heterocycles. The van der Waals surface area contributed by atoms with E-state index in [1.165, 1.54) is 0 Å². The Morgan fingerprint density at radius 3 is 2.67 bits per heavy atom. The summed E-state index contributed by atoms with van der Waals surface area (Å²) in [5.41, 5.74) is 1.16. The van der Waals surface area contributed by atoms with Crippen molar-refractivity contribution in [2.75, 3.05) is 20.8 Å². The lowest BCUT2D eigenvalue weighted by molar-refractivity contribution is 0.268. The first-order chi connectivity index (χ1) is 10.2. The van der Waals surface area contributed by atoms with Gasteiger partial charge in [0.05, 0.1) is 7.11 Å². The normalized spacial score (nSPS) is 12.0. The largest absolute Gasteiger partial charge is 0.496 e. The molecule has 3 nitrogen and oxygen atoms in total. The quantitative estimate of drug-likeness (QED) is 0.848. The minimum absolute atomic E-state index is 0.195. The van der Waals surface area contributed by atoms with E-state index in [2.05, 4.69) is 11.4 Å². The Balaban J connectivity index is 1.97. The van der Waals surface area contributed by atoms with Crippen LogP contribution in [0.25, 0.3) is 0 Å². The topological polar surface area (TPSA) is 30.5 Å². The van der Waals surface area contributed by atoms with Crippen molar-refractivity contribution in [1.29, 1.82) is 0 Å². The van der Waals surface area contributed by atoms with Gasteiger partial charge in [0.15, 0.2) is 0 Å². The highest BCUT2D eigenvalue weighted by Gasteiger charge is 2.11. The van der Waals surface area contributed by atoms with E-state index in [4.69, 9.17) is 21.1 Å². The van der Waals surface area contributed by atoms with Gasteiger partial charge < -0.3 is 14.8 Å². The van der Waals surface area contributed by atoms with Gasteiger partial charge in [-0.2, -0.15) is 0 Å². The van der Waals surface area contributed by atoms with Crippen LogP contribution in [0.2, 0.25) is 5.02 Å². The smallest absolute Gasteiger partial charge is 0.122 e. The molecule has 0 heterocycles. The van der Waals surface area contributed by atoms with Gasteiger partial charge in [-0.05, 0) is 43.3 Å². The SMILES string of the molecule is CNC(COc1cccc(Cl)c1)Cc1ccccc1OC. The molecule has 0 bridgehead atoms. The van der Waals surface area contributed by atoms with E-state index in [-0.39, 0.29) is 6.04 Å². The van der Waals surface area contributed by atoms with Crippen molar-refractivity contribution in [2.45, 2.75) is 12.5 Å². The van der Waals surface area contributed by atoms with Gasteiger partial charge in [0.2, 0.25) is 0 Å². The fourth-order valence-corrected chi connectivity index (χ4v) is 2.32. The van der Waals surface area contributed by atoms with Gasteiger partial charge >= 0.3 is 0 Å². The first-order valence-electron chi connectivity index (χ1n) is 6.90. The number of ether oxygens (including phenoxy) is 2. The molecule has 112 valence electrons. The second-order valence-corrected chi connectivity index (χ2v) is 5.21. The lowest BCUT2D eigenvalue weighted by atomic mass is 10.1. The first-order valence-corrected chi connectivity index (χ1v) is 7.28. The third-order valence-corrected chi connectivity index (χ3v) is 3.55. The van der Waals surface area contributed by atoms with Gasteiger partial charge in [0.25, 0.3) is 0 Å². The zero-order valence-electron chi connectivity index (χ0n) is 12.3. The van der Waals surface area contributed by atoms with Crippen molar-refractivity contribution >= 4 is 11.6 Å². The molecule has 4 heteroatoms. The third kappa shape index (κ3) is 4.66. The molecule has 0 spiro atoms. The molecule has 2 aromatic carbocycles. The standard InChI is InChI=1S/C17H20ClNO2/c1-19-15(10-13-6-3-4-9-17(13)20-2)12-21-16-8-5-7-14(18)11-16/h3-9,11,15,19H,10,12H2,1-2H3. The fourth-order valence-electron chi connectivity index (χ4n) is 2.13. The summed E-state index contributed by atoms with van der Waals surface area (Å²) in [7, 11) is 3.62. The lowest BCUT2D eigenvalue weighted by Gasteiger charge is -2.18. The van der Waals surface area contributed by atoms with Crippen LogP contribution >= 0.6 is 11.6 Å². The maximum Gasteiger partial charge on any atom is 0.122 e. The minimum atomic E-state index is 0.195. The van der Waals surface area contributed by atoms with E-state index in [1.54, 1.807) is 7.11 Å². The van der Waals surface area contributed by atoms with Gasteiger partial charge in [-0.1, -0.05) is 35.9 Å². The van der Waals surface area contributed by atoms with Crippen LogP contribution in [0.1, 0.15) is 5.56 Å². The van der Waals surface area contributed by atoms with E-state index >= 15 is 0 Å². The van der Waals surface area contributed by atoms with Gasteiger partial charge in [-0.3, -0.25) is 0 Å². The first kappa shape index (κ1) is 15.7. The number of para-hydroxylation sites is 1. The van der Waals surface area contributed by atoms with Gasteiger partial charge in [-0.25, -0.2) is 0 Å². The van der Waals surface area contributed by atoms with Crippen LogP contribution < -0.4 is 14.8 Å². The van der Waals surface area contributed by atoms with Gasteiger partial charge in [-0.15, -0.1) is 0 Å². The molecule has 1 atom stereocenters. The molecule has 0 aliphatic carbocycles. The predicted octanol–water partition coefficient (Wildman–Crippen LogP) is 3.56. The molecule has 2 aromatic rings. The van der Waals surface area contributed by atoms with E-state index in [0.29, 0.717) is 11.6 Å². The third-order valence-electron chi connectivity index (χ3n) is 3.31. The van der Waals surface area contributed by atoms with Crippen LogP contribution in [-0.2, 0) is 6.42 Å². The van der Waals surface area contributed by atoms with Crippen LogP contribution in [0.15, 0.2) is 48.5 Å². The van der Waals surface area contributed by atoms with Crippen molar-refractivity contribution in [3.8, 4) is 11.5 Å². The molecular formula is C17H20ClNO2. The average Bonchev–Trinajstić information content (AvgIpc) is 2.52. The number of nitrogens with one attached hydrogen (secondary N) is 1. The molecular weight excluding hydrogens is 286 g/mol. The highest BCUT2D eigenvalue weighted by atomic mass is 35.5. The predicted molar refractivity (Wildman–Crippen MR) is 86.5 cm³/mol. The molecule has 0 amide bonds. The zero-order valence-corrected chi connectivity index (χ0v) is 13.1. The van der Waals surface area contributed by atoms with Crippen LogP contribution in [0.4, 0.5) is 0 Å². The van der Waals surface area contributed by atoms with E-state index in [0.717, 1.165) is 23.5 Å². The van der Waals surface area contributed by atoms with Crippen LogP contribution in [0, 0.1) is 0 Å². The van der Waals surface area contributed by atoms with Crippen molar-refractivity contribution in [2.24, 2.45) is 0 Å². The Morgan fingerprint density at radius 1 is 1.14 bits per heavy atom. The van der Waals surface area contributed by atoms with E-state index in [1.807, 2.05) is 49.5 Å². The van der Waals surface area contributed by atoms with Crippen LogP contribution in [0.5, 0.6) is 11.5 Å². The number of halogens is 1. The molecule has 0 saturated carbocycles. The second kappa shape index (κ2) is 7.91. The fraction of sp³-hybridized carbons (Fsp3) is 0.294. The summed E-state index contributed by atoms with van der Waals surface area (Å²) in [4.78, 5) is 0. The Hall–Kier alpha value is -1.71. The number of rotatable bonds is 7. The highest BCUT2D eigenvalue weighted by Crippen LogP contribution is 2.20. The Bertz CT molecular complexity index is 574. The van der Waals surface area contributed by atoms with Crippen molar-refractivity contribution < 1.29 is 9.47 Å². The number of hydrogen-bond donors (Lipinski definition) is 1. The molecule has 0 aliphatic rings. The van der Waals surface area contributed by atoms with Gasteiger partial charge in [0, 0.05) is 11.1 Å². The second-order valence-electron chi connectivity index (χ2n) is 4.77. The molecule has 0 radical (unpaired) electrons. The summed E-state index contributed by atoms with van der Waals surface area (Å²) >= 11 is 5.95. The molecule has 1 N–H and O–H groups in total. The summed E-state index contributed by atoms with van der Waals surface area (Å²) in [6.07, 6.45) is 0.834. The maximum atomic E-state index is 5.95. The molecule has 0 aromatic heterocycles. The van der Waals surface area contributed by atoms with Crippen molar-refractivity contribution in [3.05, 3.63) is 59.1 Å². The lowest BCUT2D eigenvalue weighted by Crippen LogP contribution is -2.33. The summed E-state index contributed by atoms with van der Waals surface area (Å²) in [5.74, 6) is 1.68. The summed E-state index contributed by atoms with van der Waals surface area (Å²) < 4.78 is 11.2. The summed E-state index contributed by atoms with van der Waals surface area (Å²) in [6, 6.07) is 15.7. The molecule has 2 rings (SSSR count). The average molecular weight is 306 g/mol. The van der Waals surface area contributed by atoms with Crippen LogP contribution in [-0.4, -0.2) is 26.8 Å². The van der Waals surface area contributed by atoms with E-state index in [9.17, 15) is 0 Å². The van der Waals surface area contributed by atoms with Gasteiger partial charge in [0.1, 0.15) is 18.1 Å². The molecule has 21 heavy (non-hydrogen) atoms. The number of benzene rings is 2. The summed E-state index contributed by atoms with van der Waals surface area (Å²) in [5, 5.41) is 3.95. The number of methoxy groups -OCH3 is 1. The minimum Gasteiger partial charge on any atom is -0.496 e. The highest BCUT2D eigenvalue weighted by molar-refractivity contribution is 6.30. The number of hydrogen-bond acceptors (Lipinski definition) is 3. The van der Waals surface area contributed by atoms with Crippen molar-refractivity contribution in [1.82, 2.24) is 5.32 Å². The zero-order chi connectivity index (χ0) is 15.1. The monoisotopic (exact) mass is 305 g/mol. The molecule has 1 unspecified atom stereocenters. The molecule has 0 fully saturated rings. The van der Waals surface area contributed by atoms with Crippen LogP contribution in [0.3, 0.4) is 0 Å². The van der Waals surface area contributed by atoms with Crippen molar-refractivity contribution in [3.63, 3.8) is 0 Å².